The fourth-order valence-corrected chi connectivity index (χ4v) is 2.88. The molecule has 156 valence electrons. The molecule has 0 amide bonds. The standard InChI is InChI=1S/C15N12O6/c16-1-4-13(25(28)29)22-10-7(19-4)8-11(23-14(26(30)31)5(2-17)20-8)12-9(10)21-6(3-18)15(24-12)27(32)33. The van der Waals surface area contributed by atoms with Crippen molar-refractivity contribution in [1.29, 1.82) is 15.8 Å². The molecule has 3 aromatic heterocycles. The lowest BCUT2D eigenvalue weighted by atomic mass is 10.1. The first-order chi connectivity index (χ1) is 15.7. The summed E-state index contributed by atoms with van der Waals surface area (Å²) in [4.78, 5) is 53.5. The highest BCUT2D eigenvalue weighted by Gasteiger charge is 2.34. The first-order valence-electron chi connectivity index (χ1n) is 8.12. The summed E-state index contributed by atoms with van der Waals surface area (Å²) in [5, 5.41) is 61.7. The average molecular weight is 444 g/mol. The molecule has 0 unspecified atom stereocenters. The number of nitrogens with zero attached hydrogens (tertiary/aromatic N) is 12. The van der Waals surface area contributed by atoms with Crippen LogP contribution in [0.5, 0.6) is 0 Å². The molecule has 0 bridgehead atoms. The van der Waals surface area contributed by atoms with Crippen LogP contribution in [-0.4, -0.2) is 44.7 Å². The number of aromatic nitrogens is 6. The van der Waals surface area contributed by atoms with E-state index in [9.17, 15) is 46.1 Å². The predicted octanol–water partition coefficient (Wildman–Crippen LogP) is 0.856. The largest absolute Gasteiger partial charge is 0.401 e. The summed E-state index contributed by atoms with van der Waals surface area (Å²) in [5.74, 6) is -3.05. The fraction of sp³-hybridized carbons (Fsp3) is 0. The topological polar surface area (TPSA) is 278 Å². The Bertz CT molecular complexity index is 1750. The Balaban J connectivity index is 2.41. The van der Waals surface area contributed by atoms with E-state index in [4.69, 9.17) is 0 Å². The van der Waals surface area contributed by atoms with Crippen molar-refractivity contribution in [2.75, 3.05) is 0 Å². The zero-order valence-electron chi connectivity index (χ0n) is 15.3. The molecule has 18 nitrogen and oxygen atoms in total. The van der Waals surface area contributed by atoms with Crippen LogP contribution in [0.15, 0.2) is 0 Å². The summed E-state index contributed by atoms with van der Waals surface area (Å²) in [5.41, 5.74) is -5.03. The van der Waals surface area contributed by atoms with Gasteiger partial charge in [0.1, 0.15) is 23.7 Å². The van der Waals surface area contributed by atoms with Crippen molar-refractivity contribution in [2.45, 2.75) is 0 Å². The first kappa shape index (κ1) is 20.2. The summed E-state index contributed by atoms with van der Waals surface area (Å²) in [6.07, 6.45) is 0. The van der Waals surface area contributed by atoms with Gasteiger partial charge in [0.2, 0.25) is 22.6 Å². The van der Waals surface area contributed by atoms with E-state index < -0.39 is 76.9 Å². The van der Waals surface area contributed by atoms with Crippen molar-refractivity contribution in [3.63, 3.8) is 0 Å². The van der Waals surface area contributed by atoms with Crippen LogP contribution in [0.3, 0.4) is 0 Å². The fourth-order valence-electron chi connectivity index (χ4n) is 2.88. The number of hydrogen-bond acceptors (Lipinski definition) is 15. The van der Waals surface area contributed by atoms with Crippen molar-refractivity contribution in [1.82, 2.24) is 29.9 Å². The maximum atomic E-state index is 11.3. The van der Waals surface area contributed by atoms with Gasteiger partial charge < -0.3 is 30.3 Å². The van der Waals surface area contributed by atoms with Crippen LogP contribution in [0.1, 0.15) is 17.1 Å². The van der Waals surface area contributed by atoms with E-state index in [-0.39, 0.29) is 5.52 Å². The van der Waals surface area contributed by atoms with Gasteiger partial charge in [0.15, 0.2) is 11.0 Å². The molecule has 0 aliphatic heterocycles. The smallest absolute Gasteiger partial charge is 0.358 e. The number of nitro groups is 3. The number of rotatable bonds is 3. The molecule has 4 rings (SSSR count). The molecule has 33 heavy (non-hydrogen) atoms. The molecule has 0 saturated carbocycles. The third-order valence-electron chi connectivity index (χ3n) is 4.14. The Morgan fingerprint density at radius 1 is 0.485 bits per heavy atom. The van der Waals surface area contributed by atoms with Gasteiger partial charge >= 0.3 is 17.5 Å². The maximum Gasteiger partial charge on any atom is 0.401 e. The van der Waals surface area contributed by atoms with Gasteiger partial charge in [0.25, 0.3) is 11.0 Å². The number of fused-ring (bicyclic) bond motifs is 6. The summed E-state index contributed by atoms with van der Waals surface area (Å²) in [7, 11) is 0. The van der Waals surface area contributed by atoms with Crippen LogP contribution in [-0.2, 0) is 0 Å². The van der Waals surface area contributed by atoms with Crippen LogP contribution in [0.25, 0.3) is 33.1 Å². The Labute approximate surface area is 177 Å². The van der Waals surface area contributed by atoms with E-state index >= 15 is 0 Å². The highest BCUT2D eigenvalue weighted by Crippen LogP contribution is 2.34. The first-order valence-corrected chi connectivity index (χ1v) is 8.12. The monoisotopic (exact) mass is 444 g/mol. The SMILES string of the molecule is N#Cc1nc2c3nc(C#N)c([N+](=O)[O-])nc3c3nc([N+](=O)[O-])c(C#N)nc3c2nc1[N+](=O)[O-]. The van der Waals surface area contributed by atoms with E-state index in [1.165, 1.54) is 18.2 Å². The average Bonchev–Trinajstić information content (AvgIpc) is 2.81. The van der Waals surface area contributed by atoms with E-state index in [1.807, 2.05) is 0 Å². The van der Waals surface area contributed by atoms with Crippen molar-refractivity contribution in [2.24, 2.45) is 0 Å². The highest BCUT2D eigenvalue weighted by molar-refractivity contribution is 6.18. The lowest BCUT2D eigenvalue weighted by Crippen LogP contribution is -2.07. The third kappa shape index (κ3) is 2.86. The zero-order chi connectivity index (χ0) is 24.0. The van der Waals surface area contributed by atoms with Crippen LogP contribution >= 0.6 is 0 Å². The molecule has 0 atom stereocenters. The summed E-state index contributed by atoms with van der Waals surface area (Å²) >= 11 is 0. The number of hydrogen-bond donors (Lipinski definition) is 0. The molecule has 0 spiro atoms. The lowest BCUT2D eigenvalue weighted by Gasteiger charge is -2.03. The van der Waals surface area contributed by atoms with Gasteiger partial charge in [-0.2, -0.15) is 15.8 Å². The second-order valence-corrected chi connectivity index (χ2v) is 5.89. The molecule has 0 N–H and O–H groups in total. The predicted molar refractivity (Wildman–Crippen MR) is 99.8 cm³/mol. The minimum absolute atomic E-state index is 0.384. The van der Waals surface area contributed by atoms with Crippen molar-refractivity contribution >= 4 is 50.6 Å². The minimum Gasteiger partial charge on any atom is -0.358 e. The molecule has 0 aliphatic carbocycles. The normalized spacial score (nSPS) is 10.5. The second-order valence-electron chi connectivity index (χ2n) is 5.89. The van der Waals surface area contributed by atoms with Gasteiger partial charge in [-0.1, -0.05) is 0 Å². The third-order valence-corrected chi connectivity index (χ3v) is 4.14. The zero-order valence-corrected chi connectivity index (χ0v) is 15.3. The number of benzene rings is 1. The molecule has 0 fully saturated rings. The molecule has 0 aliphatic rings. The van der Waals surface area contributed by atoms with Crippen molar-refractivity contribution in [3.8, 4) is 18.2 Å². The molecule has 0 saturated heterocycles. The van der Waals surface area contributed by atoms with Crippen molar-refractivity contribution in [3.05, 3.63) is 47.4 Å². The van der Waals surface area contributed by atoms with Crippen molar-refractivity contribution < 1.29 is 14.8 Å². The Hall–Kier alpha value is -6.09. The molecule has 1 aromatic carbocycles. The van der Waals surface area contributed by atoms with Gasteiger partial charge in [-0.25, -0.2) is 15.0 Å². The molecule has 3 heterocycles. The van der Waals surface area contributed by atoms with Gasteiger partial charge in [-0.15, -0.1) is 0 Å². The van der Waals surface area contributed by atoms with E-state index in [1.54, 1.807) is 0 Å². The Morgan fingerprint density at radius 3 is 0.879 bits per heavy atom. The van der Waals surface area contributed by atoms with E-state index in [0.717, 1.165) is 0 Å². The van der Waals surface area contributed by atoms with Gasteiger partial charge in [0.05, 0.1) is 0 Å². The quantitative estimate of drug-likeness (QED) is 0.240. The van der Waals surface area contributed by atoms with Crippen LogP contribution in [0.4, 0.5) is 17.5 Å². The van der Waals surface area contributed by atoms with E-state index in [0.29, 0.717) is 0 Å². The summed E-state index contributed by atoms with van der Waals surface area (Å²) < 4.78 is 0. The summed E-state index contributed by atoms with van der Waals surface area (Å²) in [6.45, 7) is 0. The summed E-state index contributed by atoms with van der Waals surface area (Å²) in [6, 6.07) is 4.39. The van der Waals surface area contributed by atoms with Crippen LogP contribution in [0.2, 0.25) is 0 Å². The maximum absolute atomic E-state index is 11.3. The molecular formula is C15N12O6. The minimum atomic E-state index is -1.04. The molecule has 18 heteroatoms. The molecule has 0 radical (unpaired) electrons. The highest BCUT2D eigenvalue weighted by atomic mass is 16.6. The Morgan fingerprint density at radius 2 is 0.697 bits per heavy atom. The number of nitriles is 3. The van der Waals surface area contributed by atoms with Crippen LogP contribution in [0, 0.1) is 64.3 Å². The van der Waals surface area contributed by atoms with Gasteiger partial charge in [-0.05, 0) is 29.7 Å². The van der Waals surface area contributed by atoms with Gasteiger partial charge in [0, 0.05) is 0 Å². The second kappa shape index (κ2) is 7.00. The molecular weight excluding hydrogens is 444 g/mol. The van der Waals surface area contributed by atoms with Gasteiger partial charge in [-0.3, -0.25) is 0 Å². The lowest BCUT2D eigenvalue weighted by molar-refractivity contribution is -0.390. The Kier molecular flexibility index (Phi) is 4.29. The van der Waals surface area contributed by atoms with Crippen LogP contribution < -0.4 is 0 Å². The van der Waals surface area contributed by atoms with E-state index in [2.05, 4.69) is 29.9 Å². The molecule has 4 aromatic rings.